The Morgan fingerprint density at radius 3 is 2.82 bits per heavy atom. The van der Waals surface area contributed by atoms with E-state index in [-0.39, 0.29) is 0 Å². The summed E-state index contributed by atoms with van der Waals surface area (Å²) in [7, 11) is 2.13. The van der Waals surface area contributed by atoms with Crippen LogP contribution in [0.5, 0.6) is 0 Å². The van der Waals surface area contributed by atoms with Gasteiger partial charge in [0.2, 0.25) is 0 Å². The third kappa shape index (κ3) is 1.24. The summed E-state index contributed by atoms with van der Waals surface area (Å²) in [6, 6.07) is 14.8. The summed E-state index contributed by atoms with van der Waals surface area (Å²) in [4.78, 5) is 2.22. The Morgan fingerprint density at radius 2 is 1.88 bits per heavy atom. The summed E-state index contributed by atoms with van der Waals surface area (Å²) in [5.74, 6) is 0. The Hall–Kier alpha value is -2.10. The zero-order chi connectivity index (χ0) is 11.2. The van der Waals surface area contributed by atoms with Crippen molar-refractivity contribution in [2.75, 3.05) is 4.92 Å². The van der Waals surface area contributed by atoms with Crippen LogP contribution in [0.4, 0.5) is 0 Å². The van der Waals surface area contributed by atoms with E-state index in [2.05, 4.69) is 76.5 Å². The molecule has 3 nitrogen and oxygen atoms in total. The lowest BCUT2D eigenvalue weighted by atomic mass is 10.2. The van der Waals surface area contributed by atoms with Crippen LogP contribution in [0.25, 0.3) is 10.9 Å². The van der Waals surface area contributed by atoms with Gasteiger partial charge in [-0.1, -0.05) is 18.2 Å². The molecule has 1 aromatic carbocycles. The molecule has 3 aromatic rings. The Balaban J connectivity index is 1.79. The molecule has 1 radical (unpaired) electrons. The summed E-state index contributed by atoms with van der Waals surface area (Å²) in [5, 5.41) is 1.28. The molecule has 0 fully saturated rings. The topological polar surface area (TPSA) is 13.1 Å². The van der Waals surface area contributed by atoms with Gasteiger partial charge in [0.25, 0.3) is 0 Å². The quantitative estimate of drug-likeness (QED) is 0.571. The molecule has 4 rings (SSSR count). The van der Waals surface area contributed by atoms with Gasteiger partial charge in [0.1, 0.15) is 0 Å². The highest BCUT2D eigenvalue weighted by Gasteiger charge is 2.21. The van der Waals surface area contributed by atoms with Crippen LogP contribution >= 0.6 is 0 Å². The van der Waals surface area contributed by atoms with Crippen LogP contribution in [0.1, 0.15) is 5.69 Å². The minimum atomic E-state index is 0.922. The van der Waals surface area contributed by atoms with E-state index < -0.39 is 0 Å². The lowest BCUT2D eigenvalue weighted by Crippen LogP contribution is -2.33. The fourth-order valence-corrected chi connectivity index (χ4v) is 2.45. The smallest absolute Gasteiger partial charge is 0.376 e. The van der Waals surface area contributed by atoms with Crippen LogP contribution < -0.4 is 4.92 Å². The van der Waals surface area contributed by atoms with Crippen molar-refractivity contribution < 1.29 is 0 Å². The number of rotatable bonds is 1. The van der Waals surface area contributed by atoms with Crippen LogP contribution in [0.15, 0.2) is 54.9 Å². The van der Waals surface area contributed by atoms with Crippen molar-refractivity contribution >= 4 is 18.5 Å². The van der Waals surface area contributed by atoms with Crippen LogP contribution in [0.3, 0.4) is 0 Å². The van der Waals surface area contributed by atoms with Gasteiger partial charge < -0.3 is 9.40 Å². The van der Waals surface area contributed by atoms with Crippen LogP contribution in [-0.4, -0.2) is 16.7 Å². The molecular weight excluding hydrogens is 209 g/mol. The molecular formula is C13H11BN3. The highest BCUT2D eigenvalue weighted by atomic mass is 15.5. The molecule has 3 heterocycles. The van der Waals surface area contributed by atoms with Crippen LogP contribution in [0.2, 0.25) is 0 Å². The van der Waals surface area contributed by atoms with Gasteiger partial charge in [-0.05, 0) is 30.5 Å². The molecule has 0 unspecified atom stereocenters. The average molecular weight is 220 g/mol. The van der Waals surface area contributed by atoms with E-state index in [1.165, 1.54) is 16.6 Å². The van der Waals surface area contributed by atoms with Crippen molar-refractivity contribution in [3.63, 3.8) is 0 Å². The molecule has 17 heavy (non-hydrogen) atoms. The van der Waals surface area contributed by atoms with Gasteiger partial charge in [-0.25, -0.2) is 0 Å². The highest BCUT2D eigenvalue weighted by molar-refractivity contribution is 6.38. The Kier molecular flexibility index (Phi) is 1.69. The second kappa shape index (κ2) is 3.20. The van der Waals surface area contributed by atoms with Gasteiger partial charge in [-0.3, -0.25) is 4.68 Å². The van der Waals surface area contributed by atoms with Gasteiger partial charge in [0.15, 0.2) is 0 Å². The molecule has 1 aliphatic heterocycles. The van der Waals surface area contributed by atoms with E-state index >= 15 is 0 Å². The van der Waals surface area contributed by atoms with E-state index in [1.54, 1.807) is 0 Å². The van der Waals surface area contributed by atoms with Crippen molar-refractivity contribution in [3.8, 4) is 0 Å². The summed E-state index contributed by atoms with van der Waals surface area (Å²) in [6.45, 7) is 0.922. The first-order valence-corrected chi connectivity index (χ1v) is 5.75. The van der Waals surface area contributed by atoms with Crippen molar-refractivity contribution in [2.45, 2.75) is 6.54 Å². The third-order valence-electron chi connectivity index (χ3n) is 3.30. The summed E-state index contributed by atoms with van der Waals surface area (Å²) in [6.07, 6.45) is 4.20. The van der Waals surface area contributed by atoms with Crippen molar-refractivity contribution in [1.82, 2.24) is 9.15 Å². The normalized spacial score (nSPS) is 14.0. The van der Waals surface area contributed by atoms with E-state index in [0.29, 0.717) is 0 Å². The fourth-order valence-electron chi connectivity index (χ4n) is 2.45. The first-order valence-electron chi connectivity index (χ1n) is 5.75. The number of hydrogen-bond donors (Lipinski definition) is 0. The average Bonchev–Trinajstić information content (AvgIpc) is 3.01. The standard InChI is InChI=1S/C13H11BN3/c1-2-6-13-11(4-1)7-9-16(13)17-10-12-5-3-8-15(12)14-17/h1-9H,10H2. The zero-order valence-corrected chi connectivity index (χ0v) is 9.32. The lowest BCUT2D eigenvalue weighted by Gasteiger charge is -2.19. The number of aromatic nitrogens is 2. The van der Waals surface area contributed by atoms with Gasteiger partial charge >= 0.3 is 7.55 Å². The summed E-state index contributed by atoms with van der Waals surface area (Å²) < 4.78 is 4.36. The molecule has 0 spiro atoms. The number of hydrogen-bond acceptors (Lipinski definition) is 1. The number of benzene rings is 1. The maximum absolute atomic E-state index is 2.22. The third-order valence-corrected chi connectivity index (χ3v) is 3.30. The molecule has 81 valence electrons. The fraction of sp³-hybridized carbons (Fsp3) is 0.0769. The van der Waals surface area contributed by atoms with Crippen molar-refractivity contribution in [2.24, 2.45) is 0 Å². The molecule has 1 aliphatic rings. The molecule has 0 N–H and O–H groups in total. The molecule has 0 atom stereocenters. The molecule has 0 saturated carbocycles. The van der Waals surface area contributed by atoms with Gasteiger partial charge in [0.05, 0.1) is 12.1 Å². The molecule has 0 amide bonds. The van der Waals surface area contributed by atoms with Crippen LogP contribution in [0, 0.1) is 0 Å². The zero-order valence-electron chi connectivity index (χ0n) is 9.32. The second-order valence-electron chi connectivity index (χ2n) is 4.34. The van der Waals surface area contributed by atoms with Gasteiger partial charge in [-0.15, -0.1) is 0 Å². The summed E-state index contributed by atoms with van der Waals surface area (Å²) in [5.41, 5.74) is 2.57. The van der Waals surface area contributed by atoms with E-state index in [0.717, 1.165) is 6.54 Å². The Labute approximate surface area is 100 Å². The monoisotopic (exact) mass is 220 g/mol. The van der Waals surface area contributed by atoms with Gasteiger partial charge in [-0.2, -0.15) is 0 Å². The molecule has 4 heteroatoms. The van der Waals surface area contributed by atoms with E-state index in [9.17, 15) is 0 Å². The maximum Gasteiger partial charge on any atom is 0.412 e. The predicted octanol–water partition coefficient (Wildman–Crippen LogP) is 1.98. The minimum absolute atomic E-state index is 0.922. The molecule has 0 saturated heterocycles. The predicted molar refractivity (Wildman–Crippen MR) is 69.4 cm³/mol. The van der Waals surface area contributed by atoms with Crippen LogP contribution in [-0.2, 0) is 6.54 Å². The molecule has 2 aromatic heterocycles. The number of fused-ring (bicyclic) bond motifs is 2. The Bertz CT molecular complexity index is 662. The molecule has 0 bridgehead atoms. The largest absolute Gasteiger partial charge is 0.412 e. The maximum atomic E-state index is 2.22. The lowest BCUT2D eigenvalue weighted by molar-refractivity contribution is 0.776. The first kappa shape index (κ1) is 8.99. The highest BCUT2D eigenvalue weighted by Crippen LogP contribution is 2.19. The van der Waals surface area contributed by atoms with Crippen molar-refractivity contribution in [3.05, 3.63) is 60.6 Å². The minimum Gasteiger partial charge on any atom is -0.376 e. The first-order chi connectivity index (χ1) is 8.42. The Morgan fingerprint density at radius 1 is 0.941 bits per heavy atom. The van der Waals surface area contributed by atoms with Crippen molar-refractivity contribution in [1.29, 1.82) is 0 Å². The number of nitrogens with zero attached hydrogens (tertiary/aromatic N) is 3. The van der Waals surface area contributed by atoms with Gasteiger partial charge in [0, 0.05) is 17.3 Å². The SMILES string of the molecule is [B]1N(n2ccc3ccccc32)Cc2cccn21. The van der Waals surface area contributed by atoms with E-state index in [4.69, 9.17) is 0 Å². The second-order valence-corrected chi connectivity index (χ2v) is 4.34. The molecule has 0 aliphatic carbocycles. The summed E-state index contributed by atoms with van der Waals surface area (Å²) >= 11 is 0. The van der Waals surface area contributed by atoms with E-state index in [1.807, 2.05) is 0 Å². The number of para-hydroxylation sites is 1.